The van der Waals surface area contributed by atoms with Crippen LogP contribution in [0, 0.1) is 0 Å². The van der Waals surface area contributed by atoms with Crippen molar-refractivity contribution in [3.8, 4) is 0 Å². The highest BCUT2D eigenvalue weighted by Crippen LogP contribution is 2.26. The number of unbranched alkanes of at least 4 members (excludes halogenated alkanes) is 25. The first-order valence-corrected chi connectivity index (χ1v) is 28.1. The Morgan fingerprint density at radius 2 is 0.886 bits per heavy atom. The van der Waals surface area contributed by atoms with Gasteiger partial charge in [-0.3, -0.25) is 4.79 Å². The Kier molecular flexibility index (Phi) is 40.1. The molecule has 70 heavy (non-hydrogen) atoms. The van der Waals surface area contributed by atoms with E-state index in [0.29, 0.717) is 13.0 Å². The second-order valence-electron chi connectivity index (χ2n) is 19.8. The third-order valence-corrected chi connectivity index (χ3v) is 13.4. The van der Waals surface area contributed by atoms with Crippen LogP contribution in [0.4, 0.5) is 0 Å². The van der Waals surface area contributed by atoms with Crippen LogP contribution in [0.1, 0.15) is 213 Å². The lowest BCUT2D eigenvalue weighted by Crippen LogP contribution is -2.61. The van der Waals surface area contributed by atoms with Crippen LogP contribution < -0.4 is 0 Å². The summed E-state index contributed by atoms with van der Waals surface area (Å²) in [5.41, 5.74) is 0. The van der Waals surface area contributed by atoms with E-state index in [4.69, 9.17) is 28.4 Å². The number of ether oxygens (including phenoxy) is 6. The lowest BCUT2D eigenvalue weighted by molar-refractivity contribution is -0.332. The third-order valence-electron chi connectivity index (χ3n) is 13.4. The van der Waals surface area contributed by atoms with Crippen molar-refractivity contribution in [3.63, 3.8) is 0 Å². The lowest BCUT2D eigenvalue weighted by Gasteiger charge is -2.42. The SMILES string of the molecule is CCCCCCC/C=C\C/C=C\C/C=C\CCCCCCCCCCC(=O)OC(COCCCCCCCCCCCCCCC)COC1OC(COC2OC(CO)C(O)C(O)C2O)C(O)C(O)C1O. The second-order valence-corrected chi connectivity index (χ2v) is 19.8. The van der Waals surface area contributed by atoms with Gasteiger partial charge in [-0.2, -0.15) is 0 Å². The summed E-state index contributed by atoms with van der Waals surface area (Å²) in [7, 11) is 0. The highest BCUT2D eigenvalue weighted by Gasteiger charge is 2.47. The Hall–Kier alpha value is -1.79. The minimum Gasteiger partial charge on any atom is -0.457 e. The number of rotatable bonds is 45. The van der Waals surface area contributed by atoms with E-state index in [0.717, 1.165) is 57.8 Å². The fourth-order valence-corrected chi connectivity index (χ4v) is 8.82. The van der Waals surface area contributed by atoms with E-state index in [1.165, 1.54) is 128 Å². The molecule has 11 unspecified atom stereocenters. The van der Waals surface area contributed by atoms with Crippen LogP contribution in [0.25, 0.3) is 0 Å². The normalized spacial score (nSPS) is 25.7. The molecule has 7 N–H and O–H groups in total. The molecule has 2 saturated heterocycles. The summed E-state index contributed by atoms with van der Waals surface area (Å²) >= 11 is 0. The Morgan fingerprint density at radius 3 is 1.39 bits per heavy atom. The van der Waals surface area contributed by atoms with E-state index >= 15 is 0 Å². The molecule has 14 heteroatoms. The van der Waals surface area contributed by atoms with Crippen molar-refractivity contribution in [3.05, 3.63) is 36.5 Å². The quantitative estimate of drug-likeness (QED) is 0.0172. The van der Waals surface area contributed by atoms with Gasteiger partial charge in [0.05, 0.1) is 26.4 Å². The van der Waals surface area contributed by atoms with Gasteiger partial charge >= 0.3 is 5.97 Å². The van der Waals surface area contributed by atoms with Crippen molar-refractivity contribution in [2.75, 3.05) is 33.0 Å². The van der Waals surface area contributed by atoms with Crippen LogP contribution in [0.15, 0.2) is 36.5 Å². The molecule has 0 saturated carbocycles. The van der Waals surface area contributed by atoms with Crippen LogP contribution >= 0.6 is 0 Å². The maximum absolute atomic E-state index is 13.0. The summed E-state index contributed by atoms with van der Waals surface area (Å²) in [5, 5.41) is 72.2. The zero-order valence-corrected chi connectivity index (χ0v) is 43.8. The Balaban J connectivity index is 1.72. The summed E-state index contributed by atoms with van der Waals surface area (Å²) in [6.45, 7) is 3.69. The standard InChI is InChI=1S/C56H102O14/c1-3-5-7-9-11-13-15-17-18-19-20-21-22-23-24-25-26-27-29-31-33-35-37-39-48(58)68-45(42-65-40-38-36-34-32-30-28-16-14-12-10-8-6-4-2)43-66-55-54(64)52(62)50(60)47(70-55)44-67-56-53(63)51(61)49(59)46(41-57)69-56/h15,17,19-20,22-23,45-47,49-57,59-64H,3-14,16,18,21,24-44H2,1-2H3/b17-15-,20-19-,23-22-. The molecule has 2 heterocycles. The smallest absolute Gasteiger partial charge is 0.306 e. The lowest BCUT2D eigenvalue weighted by atomic mass is 9.98. The number of carbonyl (C=O) groups excluding carboxylic acids is 1. The zero-order chi connectivity index (χ0) is 50.9. The molecule has 0 aromatic rings. The molecular weight excluding hydrogens is 897 g/mol. The van der Waals surface area contributed by atoms with Crippen molar-refractivity contribution >= 4 is 5.97 Å². The number of aliphatic hydroxyl groups excluding tert-OH is 7. The van der Waals surface area contributed by atoms with Crippen molar-refractivity contribution in [1.82, 2.24) is 0 Å². The number of allylic oxidation sites excluding steroid dienone is 6. The maximum atomic E-state index is 13.0. The molecule has 2 aliphatic rings. The summed E-state index contributed by atoms with van der Waals surface area (Å²) < 4.78 is 34.3. The van der Waals surface area contributed by atoms with Crippen LogP contribution in [0.5, 0.6) is 0 Å². The van der Waals surface area contributed by atoms with Gasteiger partial charge in [-0.1, -0.05) is 192 Å². The minimum atomic E-state index is -1.71. The summed E-state index contributed by atoms with van der Waals surface area (Å²) in [6, 6.07) is 0. The first-order chi connectivity index (χ1) is 34.1. The summed E-state index contributed by atoms with van der Waals surface area (Å²) in [4.78, 5) is 13.0. The first kappa shape index (κ1) is 64.3. The average Bonchev–Trinajstić information content (AvgIpc) is 3.36. The van der Waals surface area contributed by atoms with Crippen LogP contribution in [-0.4, -0.2) is 142 Å². The maximum Gasteiger partial charge on any atom is 0.306 e. The third kappa shape index (κ3) is 30.4. The Bertz CT molecular complexity index is 1300. The van der Waals surface area contributed by atoms with E-state index in [1.54, 1.807) is 0 Å². The van der Waals surface area contributed by atoms with Gasteiger partial charge in [0.1, 0.15) is 54.9 Å². The van der Waals surface area contributed by atoms with Crippen LogP contribution in [-0.2, 0) is 33.2 Å². The van der Waals surface area contributed by atoms with E-state index in [2.05, 4.69) is 50.3 Å². The molecular formula is C56H102O14. The molecule has 11 atom stereocenters. The average molecular weight is 999 g/mol. The molecule has 2 rings (SSSR count). The van der Waals surface area contributed by atoms with Gasteiger partial charge in [-0.15, -0.1) is 0 Å². The van der Waals surface area contributed by atoms with Crippen molar-refractivity contribution in [2.24, 2.45) is 0 Å². The fourth-order valence-electron chi connectivity index (χ4n) is 8.82. The van der Waals surface area contributed by atoms with Gasteiger partial charge in [0.25, 0.3) is 0 Å². The molecule has 2 aliphatic heterocycles. The molecule has 0 aliphatic carbocycles. The Morgan fingerprint density at radius 1 is 0.471 bits per heavy atom. The number of hydrogen-bond acceptors (Lipinski definition) is 14. The van der Waals surface area contributed by atoms with E-state index < -0.39 is 80.7 Å². The van der Waals surface area contributed by atoms with Crippen LogP contribution in [0.3, 0.4) is 0 Å². The highest BCUT2D eigenvalue weighted by atomic mass is 16.7. The molecule has 0 radical (unpaired) electrons. The van der Waals surface area contributed by atoms with Gasteiger partial charge in [-0.25, -0.2) is 0 Å². The first-order valence-electron chi connectivity index (χ1n) is 28.1. The largest absolute Gasteiger partial charge is 0.457 e. The number of hydrogen-bond donors (Lipinski definition) is 7. The molecule has 2 fully saturated rings. The van der Waals surface area contributed by atoms with Crippen LogP contribution in [0.2, 0.25) is 0 Å². The van der Waals surface area contributed by atoms with E-state index in [-0.39, 0.29) is 25.6 Å². The highest BCUT2D eigenvalue weighted by molar-refractivity contribution is 5.69. The Labute approximate surface area is 423 Å². The molecule has 14 nitrogen and oxygen atoms in total. The molecule has 0 bridgehead atoms. The second kappa shape index (κ2) is 43.6. The number of aliphatic hydroxyl groups is 7. The topological polar surface area (TPSA) is 214 Å². The molecule has 0 amide bonds. The van der Waals surface area contributed by atoms with Gasteiger partial charge in [0.2, 0.25) is 0 Å². The van der Waals surface area contributed by atoms with E-state index in [1.807, 2.05) is 0 Å². The summed E-state index contributed by atoms with van der Waals surface area (Å²) in [5.74, 6) is -0.381. The molecule has 0 aromatic heterocycles. The fraction of sp³-hybridized carbons (Fsp3) is 0.875. The predicted molar refractivity (Wildman–Crippen MR) is 275 cm³/mol. The summed E-state index contributed by atoms with van der Waals surface area (Å²) in [6.07, 6.45) is 33.4. The molecule has 410 valence electrons. The van der Waals surface area contributed by atoms with E-state index in [9.17, 15) is 40.5 Å². The zero-order valence-electron chi connectivity index (χ0n) is 43.8. The monoisotopic (exact) mass is 999 g/mol. The van der Waals surface area contributed by atoms with Gasteiger partial charge < -0.3 is 64.2 Å². The number of esters is 1. The van der Waals surface area contributed by atoms with Gasteiger partial charge in [0.15, 0.2) is 12.6 Å². The van der Waals surface area contributed by atoms with Crippen molar-refractivity contribution < 1.29 is 69.0 Å². The van der Waals surface area contributed by atoms with Crippen molar-refractivity contribution in [1.29, 1.82) is 0 Å². The minimum absolute atomic E-state index is 0.0612. The molecule has 0 spiro atoms. The van der Waals surface area contributed by atoms with Gasteiger partial charge in [-0.05, 0) is 51.4 Å². The predicted octanol–water partition coefficient (Wildman–Crippen LogP) is 9.36. The van der Waals surface area contributed by atoms with Gasteiger partial charge in [0, 0.05) is 13.0 Å². The van der Waals surface area contributed by atoms with Crippen molar-refractivity contribution in [2.45, 2.75) is 280 Å². The molecule has 0 aromatic carbocycles. The number of carbonyl (C=O) groups is 1.